The fourth-order valence-corrected chi connectivity index (χ4v) is 4.55. The van der Waals surface area contributed by atoms with Crippen LogP contribution in [0.4, 0.5) is 26.3 Å². The molecule has 1 aliphatic rings. The van der Waals surface area contributed by atoms with Gasteiger partial charge < -0.3 is 26.1 Å². The van der Waals surface area contributed by atoms with Gasteiger partial charge in [-0.2, -0.15) is 31.1 Å². The molecule has 0 saturated carbocycles. The summed E-state index contributed by atoms with van der Waals surface area (Å²) in [5, 5.41) is 30.1. The molecule has 0 fully saturated rings. The molecule has 2 atom stereocenters. The molecule has 1 aliphatic heterocycles. The monoisotopic (exact) mass is 655 g/mol. The van der Waals surface area contributed by atoms with Crippen molar-refractivity contribution in [3.63, 3.8) is 0 Å². The number of carbonyl (C=O) groups excluding carboxylic acids is 1. The number of amides is 1. The van der Waals surface area contributed by atoms with Crippen LogP contribution in [0.2, 0.25) is 0 Å². The minimum Gasteiger partial charge on any atom is -0.480 e. The standard InChI is InChI=1S/C22H22F3N5O6S.C2HF3O2/c23-22(24,25)14-2-1-3-16(8-14)37(34,35)30-18(21(32)33)11-28-19(31)10-15-9-17(29-36-15)12-4-6-13(7-5-12)20(26)27;3-2(4,5)1(6)7/h1-8,15,18,30H,9-11H2,(H3,26,27)(H,28,31)(H,32,33);(H,6,7)/t15?,18-;/m0./s1. The fourth-order valence-electron chi connectivity index (χ4n) is 3.32. The minimum absolute atomic E-state index is 0.0949. The number of halogens is 6. The number of alkyl halides is 6. The van der Waals surface area contributed by atoms with E-state index in [1.165, 1.54) is 0 Å². The van der Waals surface area contributed by atoms with E-state index >= 15 is 0 Å². The zero-order valence-electron chi connectivity index (χ0n) is 21.9. The smallest absolute Gasteiger partial charge is 0.480 e. The second kappa shape index (κ2) is 14.2. The highest BCUT2D eigenvalue weighted by atomic mass is 32.2. The molecule has 0 radical (unpaired) electrons. The number of nitrogens with zero attached hydrogens (tertiary/aromatic N) is 1. The molecule has 13 nitrogen and oxygen atoms in total. The topological polar surface area (TPSA) is 221 Å². The number of sulfonamides is 1. The van der Waals surface area contributed by atoms with Crippen LogP contribution >= 0.6 is 0 Å². The van der Waals surface area contributed by atoms with Gasteiger partial charge in [-0.1, -0.05) is 35.5 Å². The lowest BCUT2D eigenvalue weighted by Crippen LogP contribution is -2.48. The lowest BCUT2D eigenvalue weighted by atomic mass is 10.0. The number of hydrogen-bond acceptors (Lipinski definition) is 8. The SMILES string of the molecule is N=C(N)c1ccc(C2=NOC(CC(=O)NC[C@H](NS(=O)(=O)c3cccc(C(F)(F)F)c3)C(=O)O)C2)cc1.O=C(O)C(F)(F)F. The van der Waals surface area contributed by atoms with Gasteiger partial charge in [0.2, 0.25) is 15.9 Å². The molecular weight excluding hydrogens is 632 g/mol. The van der Waals surface area contributed by atoms with Crippen molar-refractivity contribution in [2.45, 2.75) is 42.2 Å². The molecule has 0 aromatic heterocycles. The number of aliphatic carboxylic acids is 2. The summed E-state index contributed by atoms with van der Waals surface area (Å²) in [5.41, 5.74) is 5.96. The number of oxime groups is 1. The van der Waals surface area contributed by atoms with E-state index in [-0.39, 0.29) is 18.7 Å². The maximum absolute atomic E-state index is 12.9. The van der Waals surface area contributed by atoms with Gasteiger partial charge >= 0.3 is 24.3 Å². The Labute approximate surface area is 244 Å². The van der Waals surface area contributed by atoms with Crippen LogP contribution in [0, 0.1) is 5.41 Å². The first-order chi connectivity index (χ1) is 20.2. The van der Waals surface area contributed by atoms with E-state index in [1.54, 1.807) is 29.0 Å². The Morgan fingerprint density at radius 2 is 1.66 bits per heavy atom. The third-order valence-electron chi connectivity index (χ3n) is 5.49. The minimum atomic E-state index is -5.08. The summed E-state index contributed by atoms with van der Waals surface area (Å²) in [4.78, 5) is 37.2. The molecule has 1 heterocycles. The van der Waals surface area contributed by atoms with Crippen molar-refractivity contribution in [2.24, 2.45) is 10.9 Å². The van der Waals surface area contributed by atoms with E-state index in [0.29, 0.717) is 29.0 Å². The Balaban J connectivity index is 0.000000860. The highest BCUT2D eigenvalue weighted by molar-refractivity contribution is 7.89. The predicted molar refractivity (Wildman–Crippen MR) is 138 cm³/mol. The van der Waals surface area contributed by atoms with Crippen LogP contribution in [0.3, 0.4) is 0 Å². The fraction of sp³-hybridized carbons (Fsp3) is 0.292. The number of benzene rings is 2. The maximum Gasteiger partial charge on any atom is 0.490 e. The number of carboxylic acid groups (broad SMARTS) is 2. The quantitative estimate of drug-likeness (QED) is 0.125. The number of amidine groups is 1. The summed E-state index contributed by atoms with van der Waals surface area (Å²) in [7, 11) is -4.65. The Bertz CT molecular complexity index is 1530. The first-order valence-corrected chi connectivity index (χ1v) is 13.4. The number of carboxylic acids is 2. The molecule has 44 heavy (non-hydrogen) atoms. The second-order valence-corrected chi connectivity index (χ2v) is 10.5. The summed E-state index contributed by atoms with van der Waals surface area (Å²) in [6.45, 7) is -0.667. The molecule has 3 rings (SSSR count). The van der Waals surface area contributed by atoms with Crippen LogP contribution in [0.25, 0.3) is 0 Å². The van der Waals surface area contributed by atoms with Gasteiger partial charge in [-0.25, -0.2) is 13.2 Å². The largest absolute Gasteiger partial charge is 0.490 e. The van der Waals surface area contributed by atoms with Gasteiger partial charge in [0.25, 0.3) is 0 Å². The third-order valence-corrected chi connectivity index (χ3v) is 6.96. The average molecular weight is 656 g/mol. The van der Waals surface area contributed by atoms with E-state index in [9.17, 15) is 49.5 Å². The van der Waals surface area contributed by atoms with Crippen LogP contribution < -0.4 is 15.8 Å². The Hall–Kier alpha value is -4.72. The van der Waals surface area contributed by atoms with Gasteiger partial charge in [0.1, 0.15) is 18.0 Å². The third kappa shape index (κ3) is 10.5. The number of carbonyl (C=O) groups is 3. The van der Waals surface area contributed by atoms with E-state index in [1.807, 2.05) is 0 Å². The molecule has 0 aliphatic carbocycles. The van der Waals surface area contributed by atoms with Crippen molar-refractivity contribution in [2.75, 3.05) is 6.54 Å². The summed E-state index contributed by atoms with van der Waals surface area (Å²) in [5.74, 6) is -5.15. The van der Waals surface area contributed by atoms with Crippen LogP contribution in [-0.4, -0.2) is 72.9 Å². The van der Waals surface area contributed by atoms with Crippen molar-refractivity contribution >= 4 is 39.4 Å². The highest BCUT2D eigenvalue weighted by Crippen LogP contribution is 2.30. The molecule has 20 heteroatoms. The summed E-state index contributed by atoms with van der Waals surface area (Å²) >= 11 is 0. The van der Waals surface area contributed by atoms with E-state index in [0.717, 1.165) is 12.1 Å². The first-order valence-electron chi connectivity index (χ1n) is 11.9. The van der Waals surface area contributed by atoms with E-state index < -0.39 is 69.4 Å². The van der Waals surface area contributed by atoms with Gasteiger partial charge in [-0.15, -0.1) is 0 Å². The lowest BCUT2D eigenvalue weighted by molar-refractivity contribution is -0.192. The summed E-state index contributed by atoms with van der Waals surface area (Å²) in [6.07, 6.45) is -10.5. The molecule has 0 spiro atoms. The molecule has 7 N–H and O–H groups in total. The zero-order chi connectivity index (χ0) is 33.5. The summed E-state index contributed by atoms with van der Waals surface area (Å²) < 4.78 is 97.2. The molecule has 0 bridgehead atoms. The summed E-state index contributed by atoms with van der Waals surface area (Å²) in [6, 6.07) is 7.61. The average Bonchev–Trinajstić information content (AvgIpc) is 3.38. The number of rotatable bonds is 10. The second-order valence-electron chi connectivity index (χ2n) is 8.81. The normalized spacial score (nSPS) is 15.6. The molecular formula is C24H23F6N5O8S. The van der Waals surface area contributed by atoms with Crippen LogP contribution in [0.5, 0.6) is 0 Å². The predicted octanol–water partition coefficient (Wildman–Crippen LogP) is 2.05. The Morgan fingerprint density at radius 1 is 1.07 bits per heavy atom. The maximum atomic E-state index is 12.9. The number of nitrogens with two attached hydrogens (primary N) is 1. The van der Waals surface area contributed by atoms with Crippen molar-refractivity contribution in [3.8, 4) is 0 Å². The van der Waals surface area contributed by atoms with E-state index in [2.05, 4.69) is 10.5 Å². The first kappa shape index (κ1) is 35.5. The van der Waals surface area contributed by atoms with Crippen molar-refractivity contribution in [1.29, 1.82) is 5.41 Å². The molecule has 1 unspecified atom stereocenters. The van der Waals surface area contributed by atoms with Crippen molar-refractivity contribution in [1.82, 2.24) is 10.0 Å². The lowest BCUT2D eigenvalue weighted by Gasteiger charge is -2.17. The van der Waals surface area contributed by atoms with Crippen molar-refractivity contribution in [3.05, 3.63) is 65.2 Å². The molecule has 240 valence electrons. The molecule has 2 aromatic rings. The Morgan fingerprint density at radius 3 is 2.16 bits per heavy atom. The highest BCUT2D eigenvalue weighted by Gasteiger charge is 2.38. The van der Waals surface area contributed by atoms with Gasteiger partial charge in [-0.3, -0.25) is 15.0 Å². The van der Waals surface area contributed by atoms with Crippen LogP contribution in [0.15, 0.2) is 58.6 Å². The number of hydrogen-bond donors (Lipinski definition) is 6. The van der Waals surface area contributed by atoms with Gasteiger partial charge in [0, 0.05) is 18.5 Å². The van der Waals surface area contributed by atoms with E-state index in [4.69, 9.17) is 25.9 Å². The zero-order valence-corrected chi connectivity index (χ0v) is 22.8. The van der Waals surface area contributed by atoms with Crippen LogP contribution in [0.1, 0.15) is 29.5 Å². The number of nitrogen functional groups attached to an aromatic ring is 1. The molecule has 0 saturated heterocycles. The molecule has 2 aromatic carbocycles. The number of nitrogens with one attached hydrogen (secondary N) is 3. The van der Waals surface area contributed by atoms with Crippen LogP contribution in [-0.2, 0) is 35.4 Å². The van der Waals surface area contributed by atoms with Gasteiger partial charge in [0.05, 0.1) is 22.6 Å². The van der Waals surface area contributed by atoms with Crippen molar-refractivity contribution < 1.29 is 64.2 Å². The van der Waals surface area contributed by atoms with Gasteiger partial charge in [0.15, 0.2) is 0 Å². The Kier molecular flexibility index (Phi) is 11.4. The molecule has 1 amide bonds. The van der Waals surface area contributed by atoms with Gasteiger partial charge in [-0.05, 0) is 23.8 Å².